The first-order valence-electron chi connectivity index (χ1n) is 9.79. The van der Waals surface area contributed by atoms with Gasteiger partial charge in [0.1, 0.15) is 11.4 Å². The van der Waals surface area contributed by atoms with E-state index in [1.54, 1.807) is 11.9 Å². The molecule has 0 aromatic carbocycles. The van der Waals surface area contributed by atoms with Crippen LogP contribution in [0, 0.1) is 0 Å². The molecular weight excluding hydrogens is 344 g/mol. The van der Waals surface area contributed by atoms with Gasteiger partial charge in [-0.05, 0) is 53.1 Å². The van der Waals surface area contributed by atoms with Crippen LogP contribution in [0.25, 0.3) is 0 Å². The minimum absolute atomic E-state index is 0.0957. The van der Waals surface area contributed by atoms with Crippen LogP contribution < -0.4 is 16.0 Å². The summed E-state index contributed by atoms with van der Waals surface area (Å²) in [5.74, 6) is 1.61. The molecule has 2 aliphatic heterocycles. The Morgan fingerprint density at radius 3 is 2.67 bits per heavy atom. The molecule has 2 aliphatic rings. The largest absolute Gasteiger partial charge is 0.444 e. The van der Waals surface area contributed by atoms with Gasteiger partial charge in [-0.2, -0.15) is 4.98 Å². The molecule has 0 aliphatic carbocycles. The predicted molar refractivity (Wildman–Crippen MR) is 106 cm³/mol. The summed E-state index contributed by atoms with van der Waals surface area (Å²) < 4.78 is 5.49. The number of piperidine rings is 1. The summed E-state index contributed by atoms with van der Waals surface area (Å²) in [4.78, 5) is 25.2. The van der Waals surface area contributed by atoms with Gasteiger partial charge in [0.15, 0.2) is 0 Å². The molecule has 27 heavy (non-hydrogen) atoms. The number of aromatic nitrogens is 2. The lowest BCUT2D eigenvalue weighted by Gasteiger charge is -2.29. The van der Waals surface area contributed by atoms with Crippen molar-refractivity contribution in [2.45, 2.75) is 57.6 Å². The Morgan fingerprint density at radius 2 is 2.00 bits per heavy atom. The second kappa shape index (κ2) is 7.88. The second-order valence-corrected chi connectivity index (χ2v) is 8.51. The molecule has 2 saturated heterocycles. The molecule has 3 rings (SSSR count). The van der Waals surface area contributed by atoms with Gasteiger partial charge in [-0.15, -0.1) is 0 Å². The molecule has 8 nitrogen and oxygen atoms in total. The number of amides is 1. The third-order valence-corrected chi connectivity index (χ3v) is 5.22. The second-order valence-electron chi connectivity index (χ2n) is 8.51. The van der Waals surface area contributed by atoms with Crippen LogP contribution in [0.4, 0.5) is 16.6 Å². The minimum Gasteiger partial charge on any atom is -0.444 e. The van der Waals surface area contributed by atoms with Crippen LogP contribution in [0.5, 0.6) is 0 Å². The number of rotatable bonds is 3. The third kappa shape index (κ3) is 5.00. The minimum atomic E-state index is -0.492. The molecule has 1 amide bonds. The summed E-state index contributed by atoms with van der Waals surface area (Å²) in [6, 6.07) is 2.17. The number of likely N-dealkylation sites (N-methyl/N-ethyl adjacent to an activating group) is 1. The van der Waals surface area contributed by atoms with Gasteiger partial charge in [-0.25, -0.2) is 9.78 Å². The molecule has 0 radical (unpaired) electrons. The average Bonchev–Trinajstić information content (AvgIpc) is 3.10. The maximum atomic E-state index is 12.3. The summed E-state index contributed by atoms with van der Waals surface area (Å²) in [6.07, 6.45) is 2.73. The fourth-order valence-electron chi connectivity index (χ4n) is 3.71. The highest BCUT2D eigenvalue weighted by Gasteiger charge is 2.32. The fourth-order valence-corrected chi connectivity index (χ4v) is 3.71. The number of carbonyl (C=O) groups is 1. The van der Waals surface area contributed by atoms with E-state index < -0.39 is 5.60 Å². The molecule has 150 valence electrons. The van der Waals surface area contributed by atoms with Crippen molar-refractivity contribution in [1.29, 1.82) is 0 Å². The lowest BCUT2D eigenvalue weighted by atomic mass is 9.94. The van der Waals surface area contributed by atoms with Gasteiger partial charge in [0, 0.05) is 32.1 Å². The number of hydrogen-bond acceptors (Lipinski definition) is 7. The Balaban J connectivity index is 1.67. The topological polar surface area (TPSA) is 96.6 Å². The van der Waals surface area contributed by atoms with E-state index in [4.69, 9.17) is 10.5 Å². The van der Waals surface area contributed by atoms with Crippen LogP contribution in [-0.2, 0) is 4.74 Å². The molecule has 1 aromatic heterocycles. The van der Waals surface area contributed by atoms with Gasteiger partial charge in [0.05, 0.1) is 11.7 Å². The van der Waals surface area contributed by atoms with E-state index in [1.807, 2.05) is 20.8 Å². The number of anilines is 2. The first-order chi connectivity index (χ1) is 12.7. The van der Waals surface area contributed by atoms with Crippen LogP contribution in [0.2, 0.25) is 0 Å². The van der Waals surface area contributed by atoms with E-state index in [0.29, 0.717) is 11.9 Å². The quantitative estimate of drug-likeness (QED) is 0.832. The number of carbonyl (C=O) groups excluding carboxylic acids is 1. The number of nitrogen functional groups attached to an aromatic ring is 1. The number of nitrogens with one attached hydrogen (secondary N) is 1. The first kappa shape index (κ1) is 19.7. The summed E-state index contributed by atoms with van der Waals surface area (Å²) in [6.45, 7) is 9.22. The van der Waals surface area contributed by atoms with Crippen molar-refractivity contribution in [1.82, 2.24) is 20.2 Å². The third-order valence-electron chi connectivity index (χ3n) is 5.22. The summed E-state index contributed by atoms with van der Waals surface area (Å²) in [5.41, 5.74) is 6.54. The highest BCUT2D eigenvalue weighted by atomic mass is 16.6. The summed E-state index contributed by atoms with van der Waals surface area (Å²) >= 11 is 0. The van der Waals surface area contributed by atoms with E-state index >= 15 is 0 Å². The van der Waals surface area contributed by atoms with Gasteiger partial charge in [-0.1, -0.05) is 0 Å². The number of ether oxygens (including phenoxy) is 1. The molecule has 1 atom stereocenters. The Kier molecular flexibility index (Phi) is 5.74. The van der Waals surface area contributed by atoms with E-state index in [-0.39, 0.29) is 12.1 Å². The highest BCUT2D eigenvalue weighted by molar-refractivity contribution is 5.68. The number of nitrogens with zero attached hydrogens (tertiary/aromatic N) is 4. The van der Waals surface area contributed by atoms with Crippen molar-refractivity contribution in [3.63, 3.8) is 0 Å². The van der Waals surface area contributed by atoms with Gasteiger partial charge in [0.25, 0.3) is 0 Å². The predicted octanol–water partition coefficient (Wildman–Crippen LogP) is 1.97. The Morgan fingerprint density at radius 1 is 1.30 bits per heavy atom. The molecule has 8 heteroatoms. The summed E-state index contributed by atoms with van der Waals surface area (Å²) in [7, 11) is 1.80. The molecule has 0 bridgehead atoms. The van der Waals surface area contributed by atoms with E-state index in [2.05, 4.69) is 26.3 Å². The van der Waals surface area contributed by atoms with Crippen molar-refractivity contribution in [2.24, 2.45) is 0 Å². The zero-order chi connectivity index (χ0) is 19.6. The molecule has 1 unspecified atom stereocenters. The van der Waals surface area contributed by atoms with Gasteiger partial charge < -0.3 is 25.6 Å². The highest BCUT2D eigenvalue weighted by Crippen LogP contribution is 2.29. The van der Waals surface area contributed by atoms with Crippen molar-refractivity contribution in [3.05, 3.63) is 11.8 Å². The Bertz CT molecular complexity index is 669. The van der Waals surface area contributed by atoms with Crippen molar-refractivity contribution >= 4 is 17.9 Å². The van der Waals surface area contributed by atoms with E-state index in [0.717, 1.165) is 57.0 Å². The Labute approximate surface area is 161 Å². The average molecular weight is 377 g/mol. The van der Waals surface area contributed by atoms with E-state index in [9.17, 15) is 4.79 Å². The Hall–Kier alpha value is -2.09. The summed E-state index contributed by atoms with van der Waals surface area (Å²) in [5, 5.41) is 3.38. The normalized spacial score (nSPS) is 21.3. The maximum absolute atomic E-state index is 12.3. The molecule has 1 aromatic rings. The van der Waals surface area contributed by atoms with Crippen LogP contribution in [0.3, 0.4) is 0 Å². The molecule has 3 heterocycles. The van der Waals surface area contributed by atoms with Crippen LogP contribution in [-0.4, -0.2) is 65.8 Å². The monoisotopic (exact) mass is 376 g/mol. The smallest absolute Gasteiger partial charge is 0.410 e. The SMILES string of the molecule is CN(C(=O)OC(C)(C)C)C1CCN(c2cc(C3CCNCC3)nc(N)n2)C1. The van der Waals surface area contributed by atoms with Gasteiger partial charge in [-0.3, -0.25) is 0 Å². The number of nitrogens with two attached hydrogens (primary N) is 1. The molecular formula is C19H32N6O2. The molecule has 2 fully saturated rings. The van der Waals surface area contributed by atoms with Gasteiger partial charge >= 0.3 is 6.09 Å². The number of hydrogen-bond donors (Lipinski definition) is 2. The lowest BCUT2D eigenvalue weighted by molar-refractivity contribution is 0.0238. The van der Waals surface area contributed by atoms with Crippen LogP contribution >= 0.6 is 0 Å². The fraction of sp³-hybridized carbons (Fsp3) is 0.737. The molecule has 0 saturated carbocycles. The zero-order valence-corrected chi connectivity index (χ0v) is 16.9. The van der Waals surface area contributed by atoms with Crippen LogP contribution in [0.15, 0.2) is 6.07 Å². The van der Waals surface area contributed by atoms with Crippen molar-refractivity contribution < 1.29 is 9.53 Å². The van der Waals surface area contributed by atoms with Crippen molar-refractivity contribution in [3.8, 4) is 0 Å². The zero-order valence-electron chi connectivity index (χ0n) is 16.9. The van der Waals surface area contributed by atoms with Crippen LogP contribution in [0.1, 0.15) is 51.6 Å². The maximum Gasteiger partial charge on any atom is 0.410 e. The van der Waals surface area contributed by atoms with Gasteiger partial charge in [0.2, 0.25) is 5.95 Å². The molecule has 3 N–H and O–H groups in total. The molecule has 0 spiro atoms. The standard InChI is InChI=1S/C19H32N6O2/c1-19(2,3)27-18(26)24(4)14-7-10-25(12-14)16-11-15(22-17(20)23-16)13-5-8-21-9-6-13/h11,13-14,21H,5-10,12H2,1-4H3,(H2,20,22,23). The lowest BCUT2D eigenvalue weighted by Crippen LogP contribution is -2.42. The first-order valence-corrected chi connectivity index (χ1v) is 9.79. The van der Waals surface area contributed by atoms with E-state index in [1.165, 1.54) is 0 Å². The van der Waals surface area contributed by atoms with Crippen molar-refractivity contribution in [2.75, 3.05) is 43.9 Å².